The topological polar surface area (TPSA) is 35.5 Å². The van der Waals surface area contributed by atoms with Crippen LogP contribution in [0.25, 0.3) is 0 Å². The van der Waals surface area contributed by atoms with Crippen molar-refractivity contribution >= 4 is 0 Å². The van der Waals surface area contributed by atoms with Gasteiger partial charge in [0, 0.05) is 38.8 Å². The van der Waals surface area contributed by atoms with Gasteiger partial charge in [-0.05, 0) is 30.1 Å². The maximum Gasteiger partial charge on any atom is 0.0434 e. The third-order valence-electron chi connectivity index (χ3n) is 3.69. The zero-order valence-corrected chi connectivity index (χ0v) is 13.6. The Balaban J connectivity index is 2.49. The van der Waals surface area contributed by atoms with Crippen LogP contribution in [-0.4, -0.2) is 48.8 Å². The molecular weight excluding hydrogens is 236 g/mol. The summed E-state index contributed by atoms with van der Waals surface area (Å²) >= 11 is 0. The second-order valence-corrected chi connectivity index (χ2v) is 7.86. The highest BCUT2D eigenvalue weighted by atomic mass is 16.3. The van der Waals surface area contributed by atoms with Crippen LogP contribution in [0.5, 0.6) is 0 Å². The van der Waals surface area contributed by atoms with Gasteiger partial charge in [-0.1, -0.05) is 34.6 Å². The quantitative estimate of drug-likeness (QED) is 0.778. The highest BCUT2D eigenvalue weighted by Crippen LogP contribution is 2.22. The van der Waals surface area contributed by atoms with Gasteiger partial charge in [-0.2, -0.15) is 0 Å². The minimum Gasteiger partial charge on any atom is -0.396 e. The maximum absolute atomic E-state index is 9.19. The summed E-state index contributed by atoms with van der Waals surface area (Å²) in [5.74, 6) is 1.37. The number of nitrogens with one attached hydrogen (secondary N) is 1. The molecule has 1 heterocycles. The Kier molecular flexibility index (Phi) is 6.78. The van der Waals surface area contributed by atoms with Crippen molar-refractivity contribution < 1.29 is 5.11 Å². The lowest BCUT2D eigenvalue weighted by Gasteiger charge is -2.40. The van der Waals surface area contributed by atoms with E-state index in [4.69, 9.17) is 0 Å². The van der Waals surface area contributed by atoms with Gasteiger partial charge in [0.1, 0.15) is 0 Å². The molecule has 0 bridgehead atoms. The van der Waals surface area contributed by atoms with Gasteiger partial charge in [0.2, 0.25) is 0 Å². The van der Waals surface area contributed by atoms with Gasteiger partial charge in [-0.3, -0.25) is 0 Å². The molecule has 114 valence electrons. The molecule has 3 heteroatoms. The van der Waals surface area contributed by atoms with Gasteiger partial charge in [-0.15, -0.1) is 0 Å². The van der Waals surface area contributed by atoms with Crippen molar-refractivity contribution in [1.82, 2.24) is 10.2 Å². The summed E-state index contributed by atoms with van der Waals surface area (Å²) in [6.45, 7) is 16.3. The highest BCUT2D eigenvalue weighted by Gasteiger charge is 2.27. The molecule has 0 aromatic heterocycles. The molecule has 3 nitrogen and oxygen atoms in total. The fourth-order valence-electron chi connectivity index (χ4n) is 2.96. The van der Waals surface area contributed by atoms with E-state index in [1.807, 2.05) is 0 Å². The van der Waals surface area contributed by atoms with Crippen molar-refractivity contribution in [3.63, 3.8) is 0 Å². The molecule has 0 aliphatic carbocycles. The number of nitrogens with zero attached hydrogens (tertiary/aromatic N) is 1. The minimum absolute atomic E-state index is 0.326. The van der Waals surface area contributed by atoms with Crippen molar-refractivity contribution in [2.75, 3.05) is 32.8 Å². The first-order valence-electron chi connectivity index (χ1n) is 7.86. The number of likely N-dealkylation sites (tertiary alicyclic amines) is 1. The fourth-order valence-corrected chi connectivity index (χ4v) is 2.96. The average molecular weight is 270 g/mol. The second-order valence-electron chi connectivity index (χ2n) is 7.86. The first-order chi connectivity index (χ1) is 8.80. The lowest BCUT2D eigenvalue weighted by Crippen LogP contribution is -2.51. The van der Waals surface area contributed by atoms with Gasteiger partial charge in [0.15, 0.2) is 0 Å². The van der Waals surface area contributed by atoms with E-state index in [0.29, 0.717) is 24.0 Å². The van der Waals surface area contributed by atoms with Gasteiger partial charge in [0.25, 0.3) is 0 Å². The third kappa shape index (κ3) is 7.28. The molecule has 0 aromatic carbocycles. The van der Waals surface area contributed by atoms with Gasteiger partial charge >= 0.3 is 0 Å². The predicted molar refractivity (Wildman–Crippen MR) is 82.3 cm³/mol. The zero-order chi connectivity index (χ0) is 14.5. The molecule has 1 aliphatic rings. The monoisotopic (exact) mass is 270 g/mol. The van der Waals surface area contributed by atoms with E-state index in [9.17, 15) is 5.11 Å². The van der Waals surface area contributed by atoms with Crippen LogP contribution in [0, 0.1) is 17.3 Å². The number of rotatable bonds is 6. The Bertz CT molecular complexity index is 248. The smallest absolute Gasteiger partial charge is 0.0434 e. The summed E-state index contributed by atoms with van der Waals surface area (Å²) in [4.78, 5) is 2.58. The second kappa shape index (κ2) is 7.61. The predicted octanol–water partition coefficient (Wildman–Crippen LogP) is 2.35. The molecule has 0 saturated carbocycles. The van der Waals surface area contributed by atoms with E-state index in [1.54, 1.807) is 0 Å². The highest BCUT2D eigenvalue weighted by molar-refractivity contribution is 4.85. The Morgan fingerprint density at radius 3 is 2.47 bits per heavy atom. The molecule has 19 heavy (non-hydrogen) atoms. The van der Waals surface area contributed by atoms with Gasteiger partial charge < -0.3 is 15.3 Å². The standard InChI is InChI=1S/C16H34N2O/c1-13(2)9-18-10-14(6-7-19)8-15(11-18)17-12-16(3,4)5/h13-15,17,19H,6-12H2,1-5H3. The normalized spacial score (nSPS) is 26.1. The molecule has 2 N–H and O–H groups in total. The maximum atomic E-state index is 9.19. The summed E-state index contributed by atoms with van der Waals surface area (Å²) in [5.41, 5.74) is 0.340. The van der Waals surface area contributed by atoms with Crippen molar-refractivity contribution in [3.05, 3.63) is 0 Å². The van der Waals surface area contributed by atoms with Crippen LogP contribution in [0.3, 0.4) is 0 Å². The Labute approximate surface area is 119 Å². The summed E-state index contributed by atoms with van der Waals surface area (Å²) < 4.78 is 0. The van der Waals surface area contributed by atoms with Crippen molar-refractivity contribution in [2.24, 2.45) is 17.3 Å². The van der Waals surface area contributed by atoms with Crippen LogP contribution in [0.1, 0.15) is 47.5 Å². The van der Waals surface area contributed by atoms with E-state index in [1.165, 1.54) is 13.0 Å². The van der Waals surface area contributed by atoms with Crippen molar-refractivity contribution in [1.29, 1.82) is 0 Å². The van der Waals surface area contributed by atoms with E-state index < -0.39 is 0 Å². The zero-order valence-electron chi connectivity index (χ0n) is 13.6. The van der Waals surface area contributed by atoms with E-state index >= 15 is 0 Å². The van der Waals surface area contributed by atoms with Crippen LogP contribution in [0.4, 0.5) is 0 Å². The molecule has 2 unspecified atom stereocenters. The molecule has 0 spiro atoms. The van der Waals surface area contributed by atoms with Crippen LogP contribution in [0.2, 0.25) is 0 Å². The van der Waals surface area contributed by atoms with E-state index in [-0.39, 0.29) is 0 Å². The van der Waals surface area contributed by atoms with Gasteiger partial charge in [-0.25, -0.2) is 0 Å². The number of hydrogen-bond acceptors (Lipinski definition) is 3. The summed E-state index contributed by atoms with van der Waals surface area (Å²) in [6, 6.07) is 0.586. The van der Waals surface area contributed by atoms with Crippen molar-refractivity contribution in [2.45, 2.75) is 53.5 Å². The van der Waals surface area contributed by atoms with Crippen molar-refractivity contribution in [3.8, 4) is 0 Å². The number of hydrogen-bond donors (Lipinski definition) is 2. The lowest BCUT2D eigenvalue weighted by molar-refractivity contribution is 0.107. The van der Waals surface area contributed by atoms with Crippen LogP contribution < -0.4 is 5.32 Å². The largest absolute Gasteiger partial charge is 0.396 e. The summed E-state index contributed by atoms with van der Waals surface area (Å²) in [5, 5.41) is 12.9. The number of piperidine rings is 1. The Hall–Kier alpha value is -0.120. The third-order valence-corrected chi connectivity index (χ3v) is 3.69. The first kappa shape index (κ1) is 16.9. The van der Waals surface area contributed by atoms with Crippen LogP contribution in [0.15, 0.2) is 0 Å². The van der Waals surface area contributed by atoms with E-state index in [2.05, 4.69) is 44.8 Å². The summed E-state index contributed by atoms with van der Waals surface area (Å²) in [6.07, 6.45) is 2.16. The first-order valence-corrected chi connectivity index (χ1v) is 7.86. The molecule has 1 rings (SSSR count). The molecule has 2 atom stereocenters. The Morgan fingerprint density at radius 2 is 1.95 bits per heavy atom. The SMILES string of the molecule is CC(C)CN1CC(CCO)CC(NCC(C)(C)C)C1. The molecule has 1 aliphatic heterocycles. The van der Waals surface area contributed by atoms with Crippen LogP contribution in [-0.2, 0) is 0 Å². The Morgan fingerprint density at radius 1 is 1.26 bits per heavy atom. The summed E-state index contributed by atoms with van der Waals surface area (Å²) in [7, 11) is 0. The fraction of sp³-hybridized carbons (Fsp3) is 1.00. The molecule has 0 aromatic rings. The molecule has 0 amide bonds. The molecular formula is C16H34N2O. The van der Waals surface area contributed by atoms with Crippen LogP contribution >= 0.6 is 0 Å². The average Bonchev–Trinajstić information content (AvgIpc) is 2.24. The van der Waals surface area contributed by atoms with Gasteiger partial charge in [0.05, 0.1) is 0 Å². The van der Waals surface area contributed by atoms with E-state index in [0.717, 1.165) is 32.0 Å². The molecule has 1 saturated heterocycles. The minimum atomic E-state index is 0.326. The molecule has 1 fully saturated rings. The lowest BCUT2D eigenvalue weighted by atomic mass is 9.89. The number of aliphatic hydroxyl groups is 1. The molecule has 0 radical (unpaired) electrons. The number of aliphatic hydroxyl groups excluding tert-OH is 1.